The van der Waals surface area contributed by atoms with Crippen LogP contribution in [0.25, 0.3) is 0 Å². The van der Waals surface area contributed by atoms with E-state index in [0.29, 0.717) is 30.9 Å². The first-order valence-corrected chi connectivity index (χ1v) is 10.4. The van der Waals surface area contributed by atoms with Crippen LogP contribution in [0, 0.1) is 5.92 Å². The van der Waals surface area contributed by atoms with Crippen molar-refractivity contribution >= 4 is 11.8 Å². The quantitative estimate of drug-likeness (QED) is 0.821. The molecule has 158 valence electrons. The van der Waals surface area contributed by atoms with Gasteiger partial charge < -0.3 is 15.4 Å². The largest absolute Gasteiger partial charge is 0.490 e. The lowest BCUT2D eigenvalue weighted by Gasteiger charge is -2.34. The van der Waals surface area contributed by atoms with Crippen molar-refractivity contribution in [3.8, 4) is 5.75 Å². The summed E-state index contributed by atoms with van der Waals surface area (Å²) in [5, 5.41) is 6.28. The Morgan fingerprint density at radius 2 is 1.87 bits per heavy atom. The average Bonchev–Trinajstić information content (AvgIpc) is 2.96. The highest BCUT2D eigenvalue weighted by molar-refractivity contribution is 5.98. The molecule has 1 saturated heterocycles. The molecule has 4 rings (SSSR count). The number of ether oxygens (including phenoxy) is 1. The van der Waals surface area contributed by atoms with E-state index in [4.69, 9.17) is 4.74 Å². The number of benzene rings is 2. The van der Waals surface area contributed by atoms with Crippen LogP contribution in [0.2, 0.25) is 0 Å². The van der Waals surface area contributed by atoms with E-state index < -0.39 is 11.5 Å². The van der Waals surface area contributed by atoms with Gasteiger partial charge in [0.05, 0.1) is 17.0 Å². The summed E-state index contributed by atoms with van der Waals surface area (Å²) in [5.74, 6) is -0.117. The molecular weight excluding hydrogens is 378 g/mol. The number of amides is 2. The number of para-hydroxylation sites is 1. The van der Waals surface area contributed by atoms with Crippen molar-refractivity contribution in [1.82, 2.24) is 15.5 Å². The molecule has 2 aromatic rings. The van der Waals surface area contributed by atoms with E-state index in [1.807, 2.05) is 51.1 Å². The lowest BCUT2D eigenvalue weighted by Crippen LogP contribution is -2.61. The predicted octanol–water partition coefficient (Wildman–Crippen LogP) is 2.59. The summed E-state index contributed by atoms with van der Waals surface area (Å²) in [6.45, 7) is 7.96. The number of hydrogen-bond donors (Lipinski definition) is 2. The van der Waals surface area contributed by atoms with E-state index in [9.17, 15) is 9.59 Å². The van der Waals surface area contributed by atoms with Gasteiger partial charge >= 0.3 is 0 Å². The van der Waals surface area contributed by atoms with E-state index in [2.05, 4.69) is 27.7 Å². The van der Waals surface area contributed by atoms with Gasteiger partial charge in [0, 0.05) is 25.2 Å². The zero-order valence-corrected chi connectivity index (χ0v) is 17.8. The second-order valence-electron chi connectivity index (χ2n) is 9.34. The molecule has 2 aromatic carbocycles. The third-order valence-electron chi connectivity index (χ3n) is 5.66. The van der Waals surface area contributed by atoms with Crippen LogP contribution in [0.15, 0.2) is 54.6 Å². The summed E-state index contributed by atoms with van der Waals surface area (Å²) in [4.78, 5) is 28.5. The number of carbonyl (C=O) groups excluding carboxylic acids is 2. The number of rotatable bonds is 3. The molecule has 2 atom stereocenters. The molecule has 0 saturated carbocycles. The summed E-state index contributed by atoms with van der Waals surface area (Å²) < 4.78 is 6.08. The highest BCUT2D eigenvalue weighted by Gasteiger charge is 2.53. The third kappa shape index (κ3) is 4.19. The number of fused-ring (bicyclic) bond motifs is 1. The van der Waals surface area contributed by atoms with Crippen molar-refractivity contribution < 1.29 is 14.3 Å². The van der Waals surface area contributed by atoms with Crippen LogP contribution < -0.4 is 15.4 Å². The SMILES string of the molecule is CC(C)(C)NC(=O)[C@@H]1CN(Cc2ccccc2)C[C@]12COc1ccccc1C(=O)N2. The second-order valence-corrected chi connectivity index (χ2v) is 9.34. The Balaban J connectivity index is 1.64. The fourth-order valence-electron chi connectivity index (χ4n) is 4.35. The topological polar surface area (TPSA) is 70.7 Å². The van der Waals surface area contributed by atoms with Gasteiger partial charge in [-0.2, -0.15) is 0 Å². The van der Waals surface area contributed by atoms with Crippen LogP contribution in [0.4, 0.5) is 0 Å². The Kier molecular flexibility index (Phi) is 5.28. The summed E-state index contributed by atoms with van der Waals surface area (Å²) in [5.41, 5.74) is 0.531. The molecule has 0 aromatic heterocycles. The van der Waals surface area contributed by atoms with Gasteiger partial charge in [0.1, 0.15) is 12.4 Å². The summed E-state index contributed by atoms with van der Waals surface area (Å²) >= 11 is 0. The van der Waals surface area contributed by atoms with Gasteiger partial charge in [-0.25, -0.2) is 0 Å². The molecule has 0 unspecified atom stereocenters. The van der Waals surface area contributed by atoms with Gasteiger partial charge in [-0.1, -0.05) is 42.5 Å². The van der Waals surface area contributed by atoms with Crippen LogP contribution in [0.3, 0.4) is 0 Å². The van der Waals surface area contributed by atoms with Gasteiger partial charge in [0.2, 0.25) is 5.91 Å². The van der Waals surface area contributed by atoms with Gasteiger partial charge in [0.25, 0.3) is 5.91 Å². The van der Waals surface area contributed by atoms with E-state index >= 15 is 0 Å². The van der Waals surface area contributed by atoms with Crippen LogP contribution in [-0.4, -0.2) is 47.5 Å². The maximum Gasteiger partial charge on any atom is 0.255 e. The van der Waals surface area contributed by atoms with E-state index in [1.54, 1.807) is 12.1 Å². The summed E-state index contributed by atoms with van der Waals surface area (Å²) in [6, 6.07) is 17.4. The molecule has 6 heteroatoms. The fourth-order valence-corrected chi connectivity index (χ4v) is 4.35. The number of hydrogen-bond acceptors (Lipinski definition) is 4. The maximum atomic E-state index is 13.3. The van der Waals surface area contributed by atoms with Crippen LogP contribution in [0.1, 0.15) is 36.7 Å². The zero-order chi connectivity index (χ0) is 21.4. The monoisotopic (exact) mass is 407 g/mol. The van der Waals surface area contributed by atoms with Crippen molar-refractivity contribution in [2.75, 3.05) is 19.7 Å². The second kappa shape index (κ2) is 7.76. The van der Waals surface area contributed by atoms with Crippen LogP contribution in [0.5, 0.6) is 5.75 Å². The van der Waals surface area contributed by atoms with Gasteiger partial charge in [-0.15, -0.1) is 0 Å². The van der Waals surface area contributed by atoms with Gasteiger partial charge in [0.15, 0.2) is 0 Å². The van der Waals surface area contributed by atoms with Crippen LogP contribution in [-0.2, 0) is 11.3 Å². The van der Waals surface area contributed by atoms with E-state index in [1.165, 1.54) is 5.56 Å². The van der Waals surface area contributed by atoms with Crippen molar-refractivity contribution in [3.63, 3.8) is 0 Å². The molecule has 2 heterocycles. The molecule has 2 N–H and O–H groups in total. The minimum absolute atomic E-state index is 0.0621. The highest BCUT2D eigenvalue weighted by atomic mass is 16.5. The molecule has 6 nitrogen and oxygen atoms in total. The van der Waals surface area contributed by atoms with E-state index in [-0.39, 0.29) is 24.0 Å². The minimum Gasteiger partial charge on any atom is -0.490 e. The summed E-state index contributed by atoms with van der Waals surface area (Å²) in [6.07, 6.45) is 0. The molecular formula is C24H29N3O3. The molecule has 0 radical (unpaired) electrons. The summed E-state index contributed by atoms with van der Waals surface area (Å²) in [7, 11) is 0. The molecule has 2 aliphatic rings. The number of carbonyl (C=O) groups is 2. The predicted molar refractivity (Wildman–Crippen MR) is 115 cm³/mol. The lowest BCUT2D eigenvalue weighted by molar-refractivity contribution is -0.128. The van der Waals surface area contributed by atoms with Crippen molar-refractivity contribution in [3.05, 3.63) is 65.7 Å². The molecule has 0 bridgehead atoms. The first kappa shape index (κ1) is 20.4. The number of likely N-dealkylation sites (tertiary alicyclic amines) is 1. The molecule has 30 heavy (non-hydrogen) atoms. The average molecular weight is 408 g/mol. The lowest BCUT2D eigenvalue weighted by atomic mass is 9.86. The van der Waals surface area contributed by atoms with Gasteiger partial charge in [-0.05, 0) is 38.5 Å². The molecule has 2 aliphatic heterocycles. The Bertz CT molecular complexity index is 938. The Hall–Kier alpha value is -2.86. The Labute approximate surface area is 177 Å². The molecule has 2 amide bonds. The highest BCUT2D eigenvalue weighted by Crippen LogP contribution is 2.34. The Morgan fingerprint density at radius 1 is 1.17 bits per heavy atom. The third-order valence-corrected chi connectivity index (χ3v) is 5.66. The number of nitrogens with zero attached hydrogens (tertiary/aromatic N) is 1. The van der Waals surface area contributed by atoms with Crippen molar-refractivity contribution in [2.24, 2.45) is 5.92 Å². The normalized spacial score (nSPS) is 24.0. The maximum absolute atomic E-state index is 13.3. The van der Waals surface area contributed by atoms with E-state index in [0.717, 1.165) is 0 Å². The molecule has 1 fully saturated rings. The first-order chi connectivity index (χ1) is 14.3. The minimum atomic E-state index is -0.791. The molecule has 0 aliphatic carbocycles. The standard InChI is InChI=1S/C24H29N3O3/c1-23(2,3)25-22(29)19-14-27(13-17-9-5-4-6-10-17)15-24(19)16-30-20-12-8-7-11-18(20)21(28)26-24/h4-12,19H,13-16H2,1-3H3,(H,25,29)(H,26,28)/t19-,24-/m0/s1. The van der Waals surface area contributed by atoms with Crippen LogP contribution >= 0.6 is 0 Å². The molecule has 1 spiro atoms. The Morgan fingerprint density at radius 3 is 2.60 bits per heavy atom. The number of nitrogens with one attached hydrogen (secondary N) is 2. The zero-order valence-electron chi connectivity index (χ0n) is 17.8. The van der Waals surface area contributed by atoms with Crippen molar-refractivity contribution in [1.29, 1.82) is 0 Å². The van der Waals surface area contributed by atoms with Crippen molar-refractivity contribution in [2.45, 2.75) is 38.4 Å². The fraction of sp³-hybridized carbons (Fsp3) is 0.417. The smallest absolute Gasteiger partial charge is 0.255 e. The van der Waals surface area contributed by atoms with Gasteiger partial charge in [-0.3, -0.25) is 14.5 Å². The first-order valence-electron chi connectivity index (χ1n) is 10.4.